The lowest BCUT2D eigenvalue weighted by atomic mass is 10.2. The van der Waals surface area contributed by atoms with Crippen LogP contribution in [0.25, 0.3) is 5.69 Å². The maximum atomic E-state index is 12.1. The zero-order chi connectivity index (χ0) is 16.1. The van der Waals surface area contributed by atoms with E-state index in [4.69, 9.17) is 11.6 Å². The van der Waals surface area contributed by atoms with E-state index in [2.05, 4.69) is 21.3 Å². The maximum absolute atomic E-state index is 12.1. The summed E-state index contributed by atoms with van der Waals surface area (Å²) in [7, 11) is 1.45. The molecule has 0 saturated heterocycles. The van der Waals surface area contributed by atoms with E-state index in [1.54, 1.807) is 16.8 Å². The van der Waals surface area contributed by atoms with Gasteiger partial charge >= 0.3 is 6.03 Å². The second-order valence-corrected chi connectivity index (χ2v) is 4.84. The molecular weight excluding hydrogens is 306 g/mol. The molecule has 0 saturated carbocycles. The van der Waals surface area contributed by atoms with Crippen molar-refractivity contribution in [3.8, 4) is 5.69 Å². The second-order valence-electron chi connectivity index (χ2n) is 4.41. The van der Waals surface area contributed by atoms with Gasteiger partial charge in [-0.1, -0.05) is 24.6 Å². The van der Waals surface area contributed by atoms with Crippen LogP contribution in [0.2, 0.25) is 5.02 Å². The van der Waals surface area contributed by atoms with Crippen molar-refractivity contribution in [3.05, 3.63) is 46.7 Å². The van der Waals surface area contributed by atoms with Gasteiger partial charge in [0, 0.05) is 12.1 Å². The van der Waals surface area contributed by atoms with Gasteiger partial charge in [0.1, 0.15) is 0 Å². The number of urea groups is 1. The highest BCUT2D eigenvalue weighted by Gasteiger charge is 2.17. The molecule has 0 aliphatic heterocycles. The molecule has 1 heterocycles. The fourth-order valence-corrected chi connectivity index (χ4v) is 2.16. The lowest BCUT2D eigenvalue weighted by Gasteiger charge is -2.09. The number of carbonyl (C=O) groups excluding carboxylic acids is 2. The number of hydrogen-bond acceptors (Lipinski definition) is 3. The zero-order valence-corrected chi connectivity index (χ0v) is 12.9. The van der Waals surface area contributed by atoms with Crippen LogP contribution >= 0.6 is 11.6 Å². The van der Waals surface area contributed by atoms with E-state index < -0.39 is 11.9 Å². The van der Waals surface area contributed by atoms with Crippen molar-refractivity contribution in [2.45, 2.75) is 13.3 Å². The van der Waals surface area contributed by atoms with Gasteiger partial charge < -0.3 is 5.32 Å². The SMILES string of the molecule is CCc1c(C(=O)NNC(=O)NC)cnn1-c1cccc(Cl)c1. The summed E-state index contributed by atoms with van der Waals surface area (Å²) >= 11 is 5.99. The van der Waals surface area contributed by atoms with Crippen LogP contribution in [0.15, 0.2) is 30.5 Å². The molecule has 22 heavy (non-hydrogen) atoms. The molecule has 0 aliphatic rings. The zero-order valence-electron chi connectivity index (χ0n) is 12.2. The molecular formula is C14H16ClN5O2. The second kappa shape index (κ2) is 6.95. The topological polar surface area (TPSA) is 88.1 Å². The van der Waals surface area contributed by atoms with Crippen LogP contribution < -0.4 is 16.2 Å². The lowest BCUT2D eigenvalue weighted by Crippen LogP contribution is -2.45. The van der Waals surface area contributed by atoms with Crippen LogP contribution in [0, 0.1) is 0 Å². The van der Waals surface area contributed by atoms with E-state index in [0.717, 1.165) is 11.4 Å². The van der Waals surface area contributed by atoms with Crippen molar-refractivity contribution in [2.24, 2.45) is 0 Å². The molecule has 116 valence electrons. The Kier molecular flexibility index (Phi) is 5.00. The van der Waals surface area contributed by atoms with Gasteiger partial charge in [-0.3, -0.25) is 10.2 Å². The lowest BCUT2D eigenvalue weighted by molar-refractivity contribution is 0.0935. The minimum absolute atomic E-state index is 0.388. The maximum Gasteiger partial charge on any atom is 0.333 e. The molecule has 8 heteroatoms. The van der Waals surface area contributed by atoms with E-state index in [9.17, 15) is 9.59 Å². The molecule has 7 nitrogen and oxygen atoms in total. The summed E-state index contributed by atoms with van der Waals surface area (Å²) in [5.41, 5.74) is 6.43. The molecule has 1 aromatic heterocycles. The van der Waals surface area contributed by atoms with Gasteiger partial charge in [-0.25, -0.2) is 14.9 Å². The van der Waals surface area contributed by atoms with E-state index in [1.807, 2.05) is 19.1 Å². The van der Waals surface area contributed by atoms with Gasteiger partial charge in [0.25, 0.3) is 5.91 Å². The number of amides is 3. The molecule has 0 aliphatic carbocycles. The molecule has 3 N–H and O–H groups in total. The third kappa shape index (κ3) is 3.37. The summed E-state index contributed by atoms with van der Waals surface area (Å²) in [6.07, 6.45) is 2.05. The molecule has 2 aromatic rings. The molecule has 0 spiro atoms. The normalized spacial score (nSPS) is 10.1. The first kappa shape index (κ1) is 15.8. The van der Waals surface area contributed by atoms with Crippen LogP contribution in [-0.2, 0) is 6.42 Å². The summed E-state index contributed by atoms with van der Waals surface area (Å²) in [4.78, 5) is 23.2. The molecule has 0 atom stereocenters. The number of hydrogen-bond donors (Lipinski definition) is 3. The van der Waals surface area contributed by atoms with E-state index >= 15 is 0 Å². The first-order chi connectivity index (χ1) is 10.6. The first-order valence-corrected chi connectivity index (χ1v) is 7.05. The molecule has 0 fully saturated rings. The van der Waals surface area contributed by atoms with Crippen LogP contribution in [0.4, 0.5) is 4.79 Å². The van der Waals surface area contributed by atoms with Gasteiger partial charge in [0.05, 0.1) is 23.1 Å². The monoisotopic (exact) mass is 321 g/mol. The first-order valence-electron chi connectivity index (χ1n) is 6.67. The van der Waals surface area contributed by atoms with Crippen LogP contribution in [0.5, 0.6) is 0 Å². The van der Waals surface area contributed by atoms with Gasteiger partial charge in [-0.15, -0.1) is 0 Å². The summed E-state index contributed by atoms with van der Waals surface area (Å²) < 4.78 is 1.65. The van der Waals surface area contributed by atoms with Gasteiger partial charge in [0.15, 0.2) is 0 Å². The smallest absolute Gasteiger partial charge is 0.333 e. The standard InChI is InChI=1S/C14H16ClN5O2/c1-3-12-11(13(21)18-19-14(22)16-2)8-17-20(12)10-6-4-5-9(15)7-10/h4-8H,3H2,1-2H3,(H,18,21)(H2,16,19,22). The number of halogens is 1. The van der Waals surface area contributed by atoms with Crippen molar-refractivity contribution >= 4 is 23.5 Å². The average Bonchev–Trinajstić information content (AvgIpc) is 2.96. The average molecular weight is 322 g/mol. The quantitative estimate of drug-likeness (QED) is 0.751. The van der Waals surface area contributed by atoms with Crippen molar-refractivity contribution in [3.63, 3.8) is 0 Å². The van der Waals surface area contributed by atoms with Crippen molar-refractivity contribution < 1.29 is 9.59 Å². The highest BCUT2D eigenvalue weighted by molar-refractivity contribution is 6.30. The number of hydrazine groups is 1. The number of carbonyl (C=O) groups is 2. The highest BCUT2D eigenvalue weighted by Crippen LogP contribution is 2.18. The van der Waals surface area contributed by atoms with E-state index in [-0.39, 0.29) is 0 Å². The molecule has 3 amide bonds. The minimum atomic E-state index is -0.506. The summed E-state index contributed by atoms with van der Waals surface area (Å²) in [5.74, 6) is -0.436. The highest BCUT2D eigenvalue weighted by atomic mass is 35.5. The fourth-order valence-electron chi connectivity index (χ4n) is 1.98. The van der Waals surface area contributed by atoms with Crippen molar-refractivity contribution in [2.75, 3.05) is 7.05 Å². The number of benzene rings is 1. The molecule has 1 aromatic carbocycles. The molecule has 0 unspecified atom stereocenters. The van der Waals surface area contributed by atoms with Crippen molar-refractivity contribution in [1.82, 2.24) is 25.9 Å². The van der Waals surface area contributed by atoms with Crippen molar-refractivity contribution in [1.29, 1.82) is 0 Å². The van der Waals surface area contributed by atoms with Gasteiger partial charge in [-0.2, -0.15) is 5.10 Å². The fraction of sp³-hybridized carbons (Fsp3) is 0.214. The Balaban J connectivity index is 2.27. The summed E-state index contributed by atoms with van der Waals surface area (Å²) in [6, 6.07) is 6.68. The largest absolute Gasteiger partial charge is 0.340 e. The Morgan fingerprint density at radius 1 is 1.32 bits per heavy atom. The Bertz CT molecular complexity index is 698. The third-order valence-corrected chi connectivity index (χ3v) is 3.25. The van der Waals surface area contributed by atoms with Gasteiger partial charge in [0.2, 0.25) is 0 Å². The van der Waals surface area contributed by atoms with Crippen LogP contribution in [0.1, 0.15) is 23.0 Å². The molecule has 0 radical (unpaired) electrons. The summed E-state index contributed by atoms with van der Waals surface area (Å²) in [5, 5.41) is 7.16. The van der Waals surface area contributed by atoms with Crippen LogP contribution in [-0.4, -0.2) is 28.8 Å². The number of aromatic nitrogens is 2. The Morgan fingerprint density at radius 2 is 2.09 bits per heavy atom. The Labute approximate surface area is 132 Å². The van der Waals surface area contributed by atoms with Crippen LogP contribution in [0.3, 0.4) is 0 Å². The Hall–Kier alpha value is -2.54. The summed E-state index contributed by atoms with van der Waals surface area (Å²) in [6.45, 7) is 1.92. The predicted octanol–water partition coefficient (Wildman–Crippen LogP) is 1.66. The molecule has 2 rings (SSSR count). The van der Waals surface area contributed by atoms with E-state index in [1.165, 1.54) is 13.2 Å². The number of rotatable bonds is 3. The Morgan fingerprint density at radius 3 is 2.73 bits per heavy atom. The number of nitrogens with one attached hydrogen (secondary N) is 3. The molecule has 0 bridgehead atoms. The van der Waals surface area contributed by atoms with E-state index in [0.29, 0.717) is 17.0 Å². The van der Waals surface area contributed by atoms with Gasteiger partial charge in [-0.05, 0) is 24.6 Å². The minimum Gasteiger partial charge on any atom is -0.340 e. The number of nitrogens with zero attached hydrogens (tertiary/aromatic N) is 2. The third-order valence-electron chi connectivity index (χ3n) is 3.02. The predicted molar refractivity (Wildman–Crippen MR) is 83.0 cm³/mol.